The molecule has 2 N–H and O–H groups in total. The lowest BCUT2D eigenvalue weighted by atomic mass is 9.80. The van der Waals surface area contributed by atoms with Crippen LogP contribution < -0.4 is 10.2 Å². The largest absolute Gasteiger partial charge is 0.488 e. The van der Waals surface area contributed by atoms with Crippen LogP contribution in [0.2, 0.25) is 0 Å². The van der Waals surface area contributed by atoms with Crippen LogP contribution in [0.25, 0.3) is 0 Å². The average molecular weight is 301 g/mol. The van der Waals surface area contributed by atoms with Gasteiger partial charge in [-0.05, 0) is 35.8 Å². The zero-order chi connectivity index (χ0) is 15.4. The van der Waals surface area contributed by atoms with Crippen molar-refractivity contribution in [2.24, 2.45) is 0 Å². The minimum atomic E-state index is -1.50. The van der Waals surface area contributed by atoms with E-state index < -0.39 is 7.12 Å². The zero-order valence-corrected chi connectivity index (χ0v) is 11.9. The van der Waals surface area contributed by atoms with Crippen molar-refractivity contribution in [2.75, 3.05) is 14.1 Å². The van der Waals surface area contributed by atoms with Crippen LogP contribution in [0.3, 0.4) is 0 Å². The fourth-order valence-electron chi connectivity index (χ4n) is 1.79. The summed E-state index contributed by atoms with van der Waals surface area (Å²) in [4.78, 5) is 13.4. The van der Waals surface area contributed by atoms with Crippen LogP contribution in [0, 0.1) is 0 Å². The van der Waals surface area contributed by atoms with Crippen molar-refractivity contribution < 1.29 is 19.6 Å². The monoisotopic (exact) mass is 301 g/mol. The summed E-state index contributed by atoms with van der Waals surface area (Å²) in [7, 11) is 1.88. The van der Waals surface area contributed by atoms with Crippen LogP contribution in [0.1, 0.15) is 17.8 Å². The van der Waals surface area contributed by atoms with E-state index in [9.17, 15) is 4.79 Å². The molecule has 116 valence electrons. The second kappa shape index (κ2) is 7.63. The highest BCUT2D eigenvalue weighted by Crippen LogP contribution is 2.21. The van der Waals surface area contributed by atoms with E-state index >= 15 is 0 Å². The SMILES string of the molecule is C.CN(C)C(=O)c1cccc(Oc2ccc(B(O)O)cc2)c1. The van der Waals surface area contributed by atoms with Gasteiger partial charge in [-0.1, -0.05) is 25.6 Å². The molecule has 6 heteroatoms. The number of nitrogens with zero attached hydrogens (tertiary/aromatic N) is 1. The lowest BCUT2D eigenvalue weighted by molar-refractivity contribution is 0.0827. The second-order valence-corrected chi connectivity index (χ2v) is 4.77. The zero-order valence-electron chi connectivity index (χ0n) is 11.9. The number of carbonyl (C=O) groups is 1. The maximum absolute atomic E-state index is 11.9. The Morgan fingerprint density at radius 3 is 2.23 bits per heavy atom. The number of amides is 1. The Bertz CT molecular complexity index is 626. The number of hydrogen-bond donors (Lipinski definition) is 2. The topological polar surface area (TPSA) is 70.0 Å². The molecule has 0 atom stereocenters. The maximum Gasteiger partial charge on any atom is 0.488 e. The molecule has 2 aromatic rings. The van der Waals surface area contributed by atoms with Crippen molar-refractivity contribution in [1.82, 2.24) is 4.90 Å². The van der Waals surface area contributed by atoms with Gasteiger partial charge >= 0.3 is 7.12 Å². The first kappa shape index (κ1) is 17.7. The van der Waals surface area contributed by atoms with E-state index in [0.717, 1.165) is 0 Å². The Kier molecular flexibility index (Phi) is 6.16. The Morgan fingerprint density at radius 2 is 1.68 bits per heavy atom. The summed E-state index contributed by atoms with van der Waals surface area (Å²) < 4.78 is 5.65. The summed E-state index contributed by atoms with van der Waals surface area (Å²) in [6.45, 7) is 0. The van der Waals surface area contributed by atoms with Gasteiger partial charge in [0.2, 0.25) is 0 Å². The molecule has 0 saturated carbocycles. The van der Waals surface area contributed by atoms with Crippen LogP contribution in [-0.2, 0) is 0 Å². The maximum atomic E-state index is 11.9. The van der Waals surface area contributed by atoms with E-state index in [-0.39, 0.29) is 13.3 Å². The summed E-state index contributed by atoms with van der Waals surface area (Å²) in [6, 6.07) is 13.3. The molecule has 0 spiro atoms. The number of benzene rings is 2. The molecule has 0 aliphatic carbocycles. The number of ether oxygens (including phenoxy) is 1. The van der Waals surface area contributed by atoms with E-state index in [1.807, 2.05) is 0 Å². The first-order valence-corrected chi connectivity index (χ1v) is 6.43. The average Bonchev–Trinajstić information content (AvgIpc) is 2.47. The molecule has 0 fully saturated rings. The summed E-state index contributed by atoms with van der Waals surface area (Å²) in [6.07, 6.45) is 0. The summed E-state index contributed by atoms with van der Waals surface area (Å²) in [5, 5.41) is 18.1. The molecule has 2 rings (SSSR count). The quantitative estimate of drug-likeness (QED) is 0.840. The lowest BCUT2D eigenvalue weighted by Crippen LogP contribution is -2.29. The van der Waals surface area contributed by atoms with E-state index in [0.29, 0.717) is 22.5 Å². The summed E-state index contributed by atoms with van der Waals surface area (Å²) in [5.74, 6) is 0.994. The van der Waals surface area contributed by atoms with Crippen molar-refractivity contribution in [3.63, 3.8) is 0 Å². The van der Waals surface area contributed by atoms with Gasteiger partial charge in [-0.15, -0.1) is 0 Å². The van der Waals surface area contributed by atoms with Crippen molar-refractivity contribution >= 4 is 18.5 Å². The highest BCUT2D eigenvalue weighted by molar-refractivity contribution is 6.58. The minimum Gasteiger partial charge on any atom is -0.457 e. The van der Waals surface area contributed by atoms with Gasteiger partial charge in [-0.25, -0.2) is 0 Å². The molecule has 2 aromatic carbocycles. The van der Waals surface area contributed by atoms with Gasteiger partial charge in [-0.2, -0.15) is 0 Å². The van der Waals surface area contributed by atoms with Gasteiger partial charge < -0.3 is 19.7 Å². The normalized spacial score (nSPS) is 9.64. The van der Waals surface area contributed by atoms with E-state index in [1.54, 1.807) is 62.6 Å². The van der Waals surface area contributed by atoms with Gasteiger partial charge in [0.15, 0.2) is 0 Å². The molecule has 0 aliphatic rings. The van der Waals surface area contributed by atoms with E-state index in [1.165, 1.54) is 4.90 Å². The Balaban J connectivity index is 0.00000242. The third kappa shape index (κ3) is 4.34. The van der Waals surface area contributed by atoms with Crippen molar-refractivity contribution in [3.8, 4) is 11.5 Å². The highest BCUT2D eigenvalue weighted by Gasteiger charge is 2.11. The molecule has 0 aromatic heterocycles. The number of rotatable bonds is 4. The van der Waals surface area contributed by atoms with Crippen molar-refractivity contribution in [3.05, 3.63) is 54.1 Å². The lowest BCUT2D eigenvalue weighted by Gasteiger charge is -2.12. The molecule has 22 heavy (non-hydrogen) atoms. The third-order valence-electron chi connectivity index (χ3n) is 2.90. The number of hydrogen-bond acceptors (Lipinski definition) is 4. The molecule has 0 unspecified atom stereocenters. The van der Waals surface area contributed by atoms with Gasteiger partial charge in [0.05, 0.1) is 0 Å². The second-order valence-electron chi connectivity index (χ2n) is 4.77. The van der Waals surface area contributed by atoms with E-state index in [2.05, 4.69) is 0 Å². The summed E-state index contributed by atoms with van der Waals surface area (Å²) in [5.41, 5.74) is 0.929. The molecule has 0 bridgehead atoms. The fourth-order valence-corrected chi connectivity index (χ4v) is 1.79. The minimum absolute atomic E-state index is 0. The molecular formula is C16H20BNO4. The predicted octanol–water partition coefficient (Wildman–Crippen LogP) is 1.50. The van der Waals surface area contributed by atoms with Crippen molar-refractivity contribution in [1.29, 1.82) is 0 Å². The van der Waals surface area contributed by atoms with Crippen LogP contribution >= 0.6 is 0 Å². The third-order valence-corrected chi connectivity index (χ3v) is 2.90. The van der Waals surface area contributed by atoms with Crippen LogP contribution in [-0.4, -0.2) is 42.1 Å². The van der Waals surface area contributed by atoms with Crippen LogP contribution in [0.4, 0.5) is 0 Å². The first-order chi connectivity index (χ1) is 9.97. The molecule has 1 amide bonds. The molecule has 0 saturated heterocycles. The van der Waals surface area contributed by atoms with Crippen LogP contribution in [0.15, 0.2) is 48.5 Å². The Labute approximate surface area is 130 Å². The molecule has 0 aliphatic heterocycles. The molecule has 0 heterocycles. The van der Waals surface area contributed by atoms with Crippen molar-refractivity contribution in [2.45, 2.75) is 7.43 Å². The predicted molar refractivity (Wildman–Crippen MR) is 87.5 cm³/mol. The first-order valence-electron chi connectivity index (χ1n) is 6.43. The smallest absolute Gasteiger partial charge is 0.457 e. The molecule has 0 radical (unpaired) electrons. The summed E-state index contributed by atoms with van der Waals surface area (Å²) >= 11 is 0. The van der Waals surface area contributed by atoms with Gasteiger partial charge in [0.1, 0.15) is 11.5 Å². The van der Waals surface area contributed by atoms with Crippen LogP contribution in [0.5, 0.6) is 11.5 Å². The Hall–Kier alpha value is -2.31. The molecule has 5 nitrogen and oxygen atoms in total. The van der Waals surface area contributed by atoms with Gasteiger partial charge in [0.25, 0.3) is 5.91 Å². The fraction of sp³-hybridized carbons (Fsp3) is 0.188. The highest BCUT2D eigenvalue weighted by atomic mass is 16.5. The van der Waals surface area contributed by atoms with Gasteiger partial charge in [-0.3, -0.25) is 4.79 Å². The van der Waals surface area contributed by atoms with Gasteiger partial charge in [0, 0.05) is 19.7 Å². The Morgan fingerprint density at radius 1 is 1.05 bits per heavy atom. The van der Waals surface area contributed by atoms with E-state index in [4.69, 9.17) is 14.8 Å². The standard InChI is InChI=1S/C15H16BNO4.CH4/c1-17(2)15(18)11-4-3-5-14(10-11)21-13-8-6-12(7-9-13)16(19)20;/h3-10,19-20H,1-2H3;1H4. The molecular weight excluding hydrogens is 281 g/mol. The number of carbonyl (C=O) groups excluding carboxylic acids is 1.